The Bertz CT molecular complexity index is 1230. The lowest BCUT2D eigenvalue weighted by atomic mass is 9.38. The Morgan fingerprint density at radius 3 is 2.39 bits per heavy atom. The first-order valence-corrected chi connectivity index (χ1v) is 15.9. The van der Waals surface area contributed by atoms with Gasteiger partial charge in [0.05, 0.1) is 17.8 Å². The van der Waals surface area contributed by atoms with E-state index in [2.05, 4.69) is 52.6 Å². The molecule has 5 nitrogen and oxygen atoms in total. The summed E-state index contributed by atoms with van der Waals surface area (Å²) >= 11 is 0. The van der Waals surface area contributed by atoms with Crippen molar-refractivity contribution in [3.05, 3.63) is 47.3 Å². The molecule has 0 aromatic carbocycles. The molecule has 3 saturated carbocycles. The molecule has 0 saturated heterocycles. The van der Waals surface area contributed by atoms with Gasteiger partial charge in [0.15, 0.2) is 5.78 Å². The van der Waals surface area contributed by atoms with Gasteiger partial charge in [0, 0.05) is 23.2 Å². The number of pyridine rings is 1. The second-order valence-corrected chi connectivity index (χ2v) is 15.9. The average molecular weight is 564 g/mol. The SMILES string of the molecule is C[C@H](CC[C@@H](O)C(C)(C)O)[C@H]1CC[C@@]2(C)[C@@H]3CC=C4[C@@H](C/C(=C\c5ccncc5)C(=O)C4(C)C)[C@]3(C)[C@H](O)C[C@]12C. The molecule has 9 atom stereocenters. The Morgan fingerprint density at radius 1 is 1.10 bits per heavy atom. The van der Waals surface area contributed by atoms with Crippen LogP contribution < -0.4 is 0 Å². The Balaban J connectivity index is 1.48. The van der Waals surface area contributed by atoms with Crippen molar-refractivity contribution in [3.8, 4) is 0 Å². The lowest BCUT2D eigenvalue weighted by molar-refractivity contribution is -0.199. The second kappa shape index (κ2) is 10.1. The minimum Gasteiger partial charge on any atom is -0.393 e. The average Bonchev–Trinajstić information content (AvgIpc) is 3.16. The maximum absolute atomic E-state index is 13.8. The predicted molar refractivity (Wildman–Crippen MR) is 164 cm³/mol. The number of aliphatic hydroxyl groups is 3. The first-order valence-electron chi connectivity index (χ1n) is 15.9. The number of hydrogen-bond acceptors (Lipinski definition) is 5. The first-order chi connectivity index (χ1) is 19.0. The zero-order valence-electron chi connectivity index (χ0n) is 26.6. The number of carbonyl (C=O) groups is 1. The normalized spacial score (nSPS) is 40.8. The van der Waals surface area contributed by atoms with Crippen LogP contribution in [-0.4, -0.2) is 43.9 Å². The van der Waals surface area contributed by atoms with Crippen LogP contribution in [0.1, 0.15) is 106 Å². The van der Waals surface area contributed by atoms with Crippen molar-refractivity contribution >= 4 is 11.9 Å². The van der Waals surface area contributed by atoms with E-state index in [1.165, 1.54) is 5.57 Å². The molecule has 0 bridgehead atoms. The molecule has 0 aliphatic heterocycles. The molecule has 1 heterocycles. The van der Waals surface area contributed by atoms with E-state index in [9.17, 15) is 20.1 Å². The molecule has 5 heteroatoms. The van der Waals surface area contributed by atoms with Gasteiger partial charge in [-0.1, -0.05) is 39.3 Å². The maximum Gasteiger partial charge on any atom is 0.168 e. The highest BCUT2D eigenvalue weighted by atomic mass is 16.3. The fourth-order valence-corrected chi connectivity index (χ4v) is 10.2. The molecule has 0 amide bonds. The molecular weight excluding hydrogens is 510 g/mol. The van der Waals surface area contributed by atoms with Gasteiger partial charge in [-0.15, -0.1) is 0 Å². The molecule has 5 rings (SSSR count). The summed E-state index contributed by atoms with van der Waals surface area (Å²) in [5.74, 6) is 1.49. The molecule has 4 aliphatic rings. The predicted octanol–water partition coefficient (Wildman–Crippen LogP) is 6.77. The molecule has 1 aromatic rings. The Morgan fingerprint density at radius 2 is 1.76 bits per heavy atom. The Labute approximate surface area is 247 Å². The molecule has 41 heavy (non-hydrogen) atoms. The van der Waals surface area contributed by atoms with E-state index >= 15 is 0 Å². The minimum atomic E-state index is -1.09. The number of nitrogens with zero attached hydrogens (tertiary/aromatic N) is 1. The van der Waals surface area contributed by atoms with E-state index in [4.69, 9.17) is 0 Å². The molecular formula is C36H53NO4. The van der Waals surface area contributed by atoms with Gasteiger partial charge in [0.25, 0.3) is 0 Å². The summed E-state index contributed by atoms with van der Waals surface area (Å²) in [6.45, 7) is 17.1. The molecule has 0 radical (unpaired) electrons. The van der Waals surface area contributed by atoms with Crippen LogP contribution in [0.2, 0.25) is 0 Å². The summed E-state index contributed by atoms with van der Waals surface area (Å²) in [4.78, 5) is 18.0. The Hall–Kier alpha value is -1.82. The number of fused-ring (bicyclic) bond motifs is 5. The third-order valence-electron chi connectivity index (χ3n) is 13.1. The monoisotopic (exact) mass is 563 g/mol. The number of Topliss-reactive ketones (excluding diaryl/α,β-unsaturated/α-hetero) is 1. The number of aromatic nitrogens is 1. The van der Waals surface area contributed by atoms with Gasteiger partial charge in [-0.25, -0.2) is 0 Å². The first kappa shape index (κ1) is 30.6. The highest BCUT2D eigenvalue weighted by Gasteiger charge is 2.70. The minimum absolute atomic E-state index is 0.0171. The summed E-state index contributed by atoms with van der Waals surface area (Å²) in [7, 11) is 0. The lowest BCUT2D eigenvalue weighted by Gasteiger charge is -2.67. The molecule has 1 aromatic heterocycles. The van der Waals surface area contributed by atoms with Crippen molar-refractivity contribution in [2.75, 3.05) is 0 Å². The van der Waals surface area contributed by atoms with Gasteiger partial charge in [-0.3, -0.25) is 9.78 Å². The number of hydrogen-bond donors (Lipinski definition) is 3. The highest BCUT2D eigenvalue weighted by Crippen LogP contribution is 2.75. The summed E-state index contributed by atoms with van der Waals surface area (Å²) in [6, 6.07) is 3.90. The zero-order chi connectivity index (χ0) is 30.2. The fraction of sp³-hybridized carbons (Fsp3) is 0.722. The third-order valence-corrected chi connectivity index (χ3v) is 13.1. The number of rotatable bonds is 6. The quantitative estimate of drug-likeness (QED) is 0.263. The topological polar surface area (TPSA) is 90.7 Å². The standard InChI is InChI=1S/C36H53NO4/c1-22(9-12-29(38)33(4,5)41)25-13-16-34(6)28-11-10-26-27(36(28,8)30(39)21-35(25,34)7)20-24(31(40)32(26,2)3)19-23-14-17-37-18-15-23/h10,14-15,17-19,22,25,27-30,38-39,41H,9,11-13,16,20-21H2,1-8H3/b24-19+/t22-,25-,27-,28+,29-,30-,34+,35-,36+/m1/s1. The fourth-order valence-electron chi connectivity index (χ4n) is 10.2. The molecule has 3 fully saturated rings. The van der Waals surface area contributed by atoms with E-state index < -0.39 is 23.2 Å². The zero-order valence-corrected chi connectivity index (χ0v) is 26.6. The molecule has 4 aliphatic carbocycles. The van der Waals surface area contributed by atoms with Gasteiger partial charge in [-0.2, -0.15) is 0 Å². The van der Waals surface area contributed by atoms with E-state index in [0.717, 1.165) is 43.2 Å². The lowest BCUT2D eigenvalue weighted by Crippen LogP contribution is -2.64. The van der Waals surface area contributed by atoms with E-state index in [0.29, 0.717) is 30.6 Å². The van der Waals surface area contributed by atoms with Crippen molar-refractivity contribution in [2.45, 2.75) is 118 Å². The van der Waals surface area contributed by atoms with Gasteiger partial charge in [0.2, 0.25) is 0 Å². The van der Waals surface area contributed by atoms with Crippen LogP contribution in [0.25, 0.3) is 6.08 Å². The van der Waals surface area contributed by atoms with Crippen molar-refractivity contribution in [1.82, 2.24) is 4.98 Å². The van der Waals surface area contributed by atoms with Crippen LogP contribution in [0.4, 0.5) is 0 Å². The third kappa shape index (κ3) is 4.60. The number of ketones is 1. The molecule has 226 valence electrons. The highest BCUT2D eigenvalue weighted by molar-refractivity contribution is 6.06. The van der Waals surface area contributed by atoms with Crippen LogP contribution in [-0.2, 0) is 4.79 Å². The number of carbonyl (C=O) groups excluding carboxylic acids is 1. The van der Waals surface area contributed by atoms with Crippen LogP contribution in [0.3, 0.4) is 0 Å². The summed E-state index contributed by atoms with van der Waals surface area (Å²) in [6.07, 6.45) is 12.8. The van der Waals surface area contributed by atoms with Gasteiger partial charge < -0.3 is 15.3 Å². The second-order valence-electron chi connectivity index (χ2n) is 15.9. The summed E-state index contributed by atoms with van der Waals surface area (Å²) in [5, 5.41) is 33.0. The maximum atomic E-state index is 13.8. The van der Waals surface area contributed by atoms with Gasteiger partial charge in [0.1, 0.15) is 0 Å². The summed E-state index contributed by atoms with van der Waals surface area (Å²) < 4.78 is 0. The van der Waals surface area contributed by atoms with Crippen molar-refractivity contribution in [1.29, 1.82) is 0 Å². The largest absolute Gasteiger partial charge is 0.393 e. The van der Waals surface area contributed by atoms with Crippen LogP contribution in [0, 0.1) is 45.3 Å². The smallest absolute Gasteiger partial charge is 0.168 e. The molecule has 0 spiro atoms. The van der Waals surface area contributed by atoms with Crippen LogP contribution >= 0.6 is 0 Å². The van der Waals surface area contributed by atoms with E-state index in [1.807, 2.05) is 18.2 Å². The number of aliphatic hydroxyl groups excluding tert-OH is 2. The molecule has 0 unspecified atom stereocenters. The van der Waals surface area contributed by atoms with Crippen molar-refractivity contribution < 1.29 is 20.1 Å². The van der Waals surface area contributed by atoms with Crippen molar-refractivity contribution in [2.24, 2.45) is 45.3 Å². The van der Waals surface area contributed by atoms with E-state index in [1.54, 1.807) is 26.2 Å². The molecule has 3 N–H and O–H groups in total. The van der Waals surface area contributed by atoms with Crippen LogP contribution in [0.5, 0.6) is 0 Å². The van der Waals surface area contributed by atoms with Gasteiger partial charge >= 0.3 is 0 Å². The van der Waals surface area contributed by atoms with Gasteiger partial charge in [-0.05, 0) is 136 Å². The number of allylic oxidation sites excluding steroid dienone is 3. The Kier molecular flexibility index (Phi) is 7.57. The van der Waals surface area contributed by atoms with Crippen molar-refractivity contribution in [3.63, 3.8) is 0 Å². The summed E-state index contributed by atoms with van der Waals surface area (Å²) in [5.41, 5.74) is 1.13. The van der Waals surface area contributed by atoms with E-state index in [-0.39, 0.29) is 27.9 Å². The van der Waals surface area contributed by atoms with Crippen LogP contribution in [0.15, 0.2) is 41.7 Å².